The molecular weight excluding hydrogens is 460 g/mol. The van der Waals surface area contributed by atoms with Crippen LogP contribution in [0.1, 0.15) is 16.7 Å². The first-order chi connectivity index (χ1) is 16.8. The lowest BCUT2D eigenvalue weighted by Crippen LogP contribution is -2.18. The average Bonchev–Trinajstić information content (AvgIpc) is 3.25. The molecule has 0 radical (unpaired) electrons. The van der Waals surface area contributed by atoms with Gasteiger partial charge >= 0.3 is 0 Å². The predicted molar refractivity (Wildman–Crippen MR) is 137 cm³/mol. The fourth-order valence-electron chi connectivity index (χ4n) is 4.69. The molecule has 178 valence electrons. The van der Waals surface area contributed by atoms with Crippen molar-refractivity contribution in [1.29, 1.82) is 0 Å². The van der Waals surface area contributed by atoms with E-state index in [4.69, 9.17) is 9.47 Å². The van der Waals surface area contributed by atoms with E-state index < -0.39 is 10.1 Å². The zero-order chi connectivity index (χ0) is 24.6. The quantitative estimate of drug-likeness (QED) is 0.332. The number of aryl methyl sites for hydroxylation is 1. The van der Waals surface area contributed by atoms with Gasteiger partial charge in [-0.05, 0) is 65.1 Å². The molecule has 1 aliphatic rings. The Hall–Kier alpha value is -3.61. The Balaban J connectivity index is 1.55. The van der Waals surface area contributed by atoms with Gasteiger partial charge in [0.1, 0.15) is 17.6 Å². The molecule has 0 spiro atoms. The molecule has 35 heavy (non-hydrogen) atoms. The second-order valence-electron chi connectivity index (χ2n) is 8.84. The molecule has 0 aliphatic carbocycles. The first-order valence-electron chi connectivity index (χ1n) is 11.4. The van der Waals surface area contributed by atoms with Crippen LogP contribution in [0.2, 0.25) is 0 Å². The summed E-state index contributed by atoms with van der Waals surface area (Å²) in [5.41, 5.74) is 6.74. The van der Waals surface area contributed by atoms with Gasteiger partial charge in [-0.2, -0.15) is 8.42 Å². The highest BCUT2D eigenvalue weighted by Crippen LogP contribution is 2.43. The Kier molecular flexibility index (Phi) is 6.09. The largest absolute Gasteiger partial charge is 0.497 e. The molecule has 1 atom stereocenters. The van der Waals surface area contributed by atoms with E-state index in [9.17, 15) is 13.0 Å². The summed E-state index contributed by atoms with van der Waals surface area (Å²) >= 11 is 0. The molecule has 0 saturated heterocycles. The van der Waals surface area contributed by atoms with Crippen molar-refractivity contribution in [2.45, 2.75) is 30.8 Å². The molecular formula is C29H26O5S. The van der Waals surface area contributed by atoms with E-state index in [0.29, 0.717) is 18.4 Å². The molecule has 0 amide bonds. The summed E-state index contributed by atoms with van der Waals surface area (Å²) in [6.07, 6.45) is 0.752. The lowest BCUT2D eigenvalue weighted by Gasteiger charge is -2.16. The minimum absolute atomic E-state index is 0.0667. The van der Waals surface area contributed by atoms with Crippen LogP contribution in [0.4, 0.5) is 0 Å². The normalized spacial score (nSPS) is 14.9. The number of fused-ring (bicyclic) bond motifs is 1. The molecule has 5 rings (SSSR count). The van der Waals surface area contributed by atoms with Gasteiger partial charge in [-0.15, -0.1) is 0 Å². The van der Waals surface area contributed by atoms with Crippen LogP contribution in [0.3, 0.4) is 0 Å². The molecule has 1 unspecified atom stereocenters. The molecule has 0 saturated carbocycles. The third-order valence-corrected chi connectivity index (χ3v) is 7.30. The van der Waals surface area contributed by atoms with Crippen molar-refractivity contribution in [3.8, 4) is 33.8 Å². The van der Waals surface area contributed by atoms with E-state index in [-0.39, 0.29) is 11.0 Å². The molecule has 6 heteroatoms. The second-order valence-corrected chi connectivity index (χ2v) is 10.2. The molecule has 1 aliphatic heterocycles. The van der Waals surface area contributed by atoms with Gasteiger partial charge in [0.2, 0.25) is 0 Å². The lowest BCUT2D eigenvalue weighted by molar-refractivity contribution is 0.233. The van der Waals surface area contributed by atoms with E-state index in [2.05, 4.69) is 24.3 Å². The van der Waals surface area contributed by atoms with Crippen molar-refractivity contribution in [2.24, 2.45) is 0 Å². The first kappa shape index (κ1) is 23.1. The zero-order valence-electron chi connectivity index (χ0n) is 19.6. The van der Waals surface area contributed by atoms with E-state index in [1.54, 1.807) is 19.2 Å². The summed E-state index contributed by atoms with van der Waals surface area (Å²) in [6.45, 7) is 1.90. The Morgan fingerprint density at radius 3 is 2.34 bits per heavy atom. The summed E-state index contributed by atoms with van der Waals surface area (Å²) in [5.74, 6) is 1.58. The van der Waals surface area contributed by atoms with Gasteiger partial charge in [0.05, 0.1) is 12.0 Å². The highest BCUT2D eigenvalue weighted by molar-refractivity contribution is 7.85. The minimum atomic E-state index is -4.33. The van der Waals surface area contributed by atoms with Crippen LogP contribution in [-0.2, 0) is 23.0 Å². The predicted octanol–water partition coefficient (Wildman–Crippen LogP) is 6.13. The standard InChI is InChI=1S/C29H26O5S/c1-19-8-13-28(35(30,31)32)23(14-19)16-26-17-24-15-22(20-6-4-3-5-7-20)18-27(29(24)34-26)21-9-11-25(33-2)12-10-21/h3-15,18,26H,16-17H2,1-2H3,(H,30,31,32). The number of hydrogen-bond acceptors (Lipinski definition) is 4. The summed E-state index contributed by atoms with van der Waals surface area (Å²) in [4.78, 5) is -0.0667. The van der Waals surface area contributed by atoms with Crippen molar-refractivity contribution >= 4 is 10.1 Å². The molecule has 1 N–H and O–H groups in total. The van der Waals surface area contributed by atoms with Crippen LogP contribution in [0.25, 0.3) is 22.3 Å². The maximum atomic E-state index is 12.0. The Morgan fingerprint density at radius 1 is 0.914 bits per heavy atom. The van der Waals surface area contributed by atoms with Crippen molar-refractivity contribution in [3.05, 3.63) is 102 Å². The molecule has 0 aromatic heterocycles. The third-order valence-electron chi connectivity index (χ3n) is 6.35. The number of ether oxygens (including phenoxy) is 2. The summed E-state index contributed by atoms with van der Waals surface area (Å²) in [5, 5.41) is 0. The zero-order valence-corrected chi connectivity index (χ0v) is 20.4. The van der Waals surface area contributed by atoms with Crippen LogP contribution in [0, 0.1) is 6.92 Å². The number of rotatable bonds is 6. The van der Waals surface area contributed by atoms with Crippen LogP contribution < -0.4 is 9.47 Å². The molecule has 1 heterocycles. The van der Waals surface area contributed by atoms with Crippen LogP contribution in [0.5, 0.6) is 11.5 Å². The Labute approximate surface area is 205 Å². The minimum Gasteiger partial charge on any atom is -0.497 e. The topological polar surface area (TPSA) is 72.8 Å². The van der Waals surface area contributed by atoms with E-state index in [1.165, 1.54) is 6.07 Å². The SMILES string of the molecule is COc1ccc(-c2cc(-c3ccccc3)cc3c2OC(Cc2cc(C)ccc2S(=O)(=O)O)C3)cc1. The van der Waals surface area contributed by atoms with Gasteiger partial charge in [0.15, 0.2) is 0 Å². The Morgan fingerprint density at radius 2 is 1.66 bits per heavy atom. The summed E-state index contributed by atoms with van der Waals surface area (Å²) in [6, 6.07) is 27.3. The van der Waals surface area contributed by atoms with Gasteiger partial charge in [-0.1, -0.05) is 60.2 Å². The van der Waals surface area contributed by atoms with Crippen molar-refractivity contribution in [1.82, 2.24) is 0 Å². The highest BCUT2D eigenvalue weighted by Gasteiger charge is 2.29. The number of methoxy groups -OCH3 is 1. The first-order valence-corrected chi connectivity index (χ1v) is 12.9. The van der Waals surface area contributed by atoms with Crippen LogP contribution >= 0.6 is 0 Å². The molecule has 5 nitrogen and oxygen atoms in total. The van der Waals surface area contributed by atoms with Gasteiger partial charge in [0.25, 0.3) is 10.1 Å². The molecule has 4 aromatic rings. The number of benzene rings is 4. The molecule has 0 fully saturated rings. The van der Waals surface area contributed by atoms with E-state index in [0.717, 1.165) is 44.9 Å². The lowest BCUT2D eigenvalue weighted by atomic mass is 9.93. The van der Waals surface area contributed by atoms with Crippen LogP contribution in [-0.4, -0.2) is 26.2 Å². The van der Waals surface area contributed by atoms with E-state index in [1.807, 2.05) is 49.4 Å². The van der Waals surface area contributed by atoms with Crippen molar-refractivity contribution in [3.63, 3.8) is 0 Å². The molecule has 4 aromatic carbocycles. The van der Waals surface area contributed by atoms with Crippen molar-refractivity contribution in [2.75, 3.05) is 7.11 Å². The molecule has 0 bridgehead atoms. The monoisotopic (exact) mass is 486 g/mol. The number of hydrogen-bond donors (Lipinski definition) is 1. The maximum absolute atomic E-state index is 12.0. The average molecular weight is 487 g/mol. The summed E-state index contributed by atoms with van der Waals surface area (Å²) in [7, 11) is -2.69. The van der Waals surface area contributed by atoms with Gasteiger partial charge in [0, 0.05) is 18.4 Å². The highest BCUT2D eigenvalue weighted by atomic mass is 32.2. The van der Waals surface area contributed by atoms with E-state index >= 15 is 0 Å². The smallest absolute Gasteiger partial charge is 0.294 e. The third kappa shape index (κ3) is 4.81. The summed E-state index contributed by atoms with van der Waals surface area (Å²) < 4.78 is 45.4. The Bertz CT molecular complexity index is 1480. The maximum Gasteiger partial charge on any atom is 0.294 e. The van der Waals surface area contributed by atoms with Gasteiger partial charge in [-0.25, -0.2) is 0 Å². The van der Waals surface area contributed by atoms with Gasteiger partial charge < -0.3 is 9.47 Å². The van der Waals surface area contributed by atoms with Gasteiger partial charge in [-0.3, -0.25) is 4.55 Å². The van der Waals surface area contributed by atoms with Crippen LogP contribution in [0.15, 0.2) is 89.8 Å². The second kappa shape index (κ2) is 9.21. The fraction of sp³-hybridized carbons (Fsp3) is 0.172. The fourth-order valence-corrected chi connectivity index (χ4v) is 5.41. The van der Waals surface area contributed by atoms with Crippen molar-refractivity contribution < 1.29 is 22.4 Å².